The maximum absolute atomic E-state index is 6.05. The van der Waals surface area contributed by atoms with Gasteiger partial charge in [0, 0.05) is 35.2 Å². The summed E-state index contributed by atoms with van der Waals surface area (Å²) in [6.45, 7) is 6.56. The number of benzene rings is 1. The van der Waals surface area contributed by atoms with E-state index in [0.717, 1.165) is 35.7 Å². The van der Waals surface area contributed by atoms with Gasteiger partial charge in [0.25, 0.3) is 0 Å². The van der Waals surface area contributed by atoms with Crippen LogP contribution in [0.2, 0.25) is 5.02 Å². The van der Waals surface area contributed by atoms with Crippen LogP contribution in [0.5, 0.6) is 0 Å². The van der Waals surface area contributed by atoms with Crippen molar-refractivity contribution in [2.24, 2.45) is 0 Å². The molecule has 1 heterocycles. The van der Waals surface area contributed by atoms with Crippen LogP contribution in [0.4, 0.5) is 0 Å². The predicted molar refractivity (Wildman–Crippen MR) is 76.5 cm³/mol. The summed E-state index contributed by atoms with van der Waals surface area (Å²) in [4.78, 5) is 2.53. The molecule has 94 valence electrons. The number of rotatable bonds is 5. The minimum atomic E-state index is 0.681. The van der Waals surface area contributed by atoms with Crippen molar-refractivity contribution in [3.8, 4) is 0 Å². The predicted octanol–water partition coefficient (Wildman–Crippen LogP) is 3.29. The van der Waals surface area contributed by atoms with Crippen LogP contribution in [0.15, 0.2) is 22.7 Å². The maximum Gasteiger partial charge on any atom is 0.0410 e. The molecule has 0 saturated carbocycles. The fourth-order valence-corrected chi connectivity index (χ4v) is 2.66. The summed E-state index contributed by atoms with van der Waals surface area (Å²) in [5.41, 5.74) is 1.28. The summed E-state index contributed by atoms with van der Waals surface area (Å²) in [5.74, 6) is 0. The SMILES string of the molecule is CCCN(Cc1cc(Cl)ccc1Br)C1CNC1. The molecular weight excluding hydrogens is 300 g/mol. The molecule has 1 aliphatic rings. The Morgan fingerprint density at radius 2 is 2.24 bits per heavy atom. The average Bonchev–Trinajstić information content (AvgIpc) is 2.21. The van der Waals surface area contributed by atoms with Crippen molar-refractivity contribution in [3.63, 3.8) is 0 Å². The molecule has 0 radical (unpaired) electrons. The van der Waals surface area contributed by atoms with Gasteiger partial charge >= 0.3 is 0 Å². The highest BCUT2D eigenvalue weighted by molar-refractivity contribution is 9.10. The third-order valence-electron chi connectivity index (χ3n) is 3.17. The third kappa shape index (κ3) is 3.44. The normalized spacial score (nSPS) is 16.2. The van der Waals surface area contributed by atoms with Crippen LogP contribution in [0.25, 0.3) is 0 Å². The number of nitrogens with one attached hydrogen (secondary N) is 1. The standard InChI is InChI=1S/C13H18BrClN2/c1-2-5-17(12-7-16-8-12)9-10-6-11(15)3-4-13(10)14/h3-4,6,12,16H,2,5,7-9H2,1H3. The van der Waals surface area contributed by atoms with Gasteiger partial charge in [-0.1, -0.05) is 34.5 Å². The van der Waals surface area contributed by atoms with Crippen LogP contribution in [0.1, 0.15) is 18.9 Å². The van der Waals surface area contributed by atoms with E-state index >= 15 is 0 Å². The fraction of sp³-hybridized carbons (Fsp3) is 0.538. The van der Waals surface area contributed by atoms with Crippen molar-refractivity contribution in [3.05, 3.63) is 33.3 Å². The van der Waals surface area contributed by atoms with Gasteiger partial charge in [-0.15, -0.1) is 0 Å². The summed E-state index contributed by atoms with van der Waals surface area (Å²) < 4.78 is 1.15. The van der Waals surface area contributed by atoms with E-state index in [4.69, 9.17) is 11.6 Å². The summed E-state index contributed by atoms with van der Waals surface area (Å²) in [6.07, 6.45) is 1.19. The molecule has 2 nitrogen and oxygen atoms in total. The molecule has 0 unspecified atom stereocenters. The number of hydrogen-bond acceptors (Lipinski definition) is 2. The highest BCUT2D eigenvalue weighted by atomic mass is 79.9. The van der Waals surface area contributed by atoms with E-state index in [1.165, 1.54) is 12.0 Å². The van der Waals surface area contributed by atoms with Crippen LogP contribution in [0.3, 0.4) is 0 Å². The molecule has 1 aromatic rings. The summed E-state index contributed by atoms with van der Waals surface area (Å²) >= 11 is 9.65. The van der Waals surface area contributed by atoms with Gasteiger partial charge < -0.3 is 5.32 Å². The fourth-order valence-electron chi connectivity index (χ4n) is 2.09. The zero-order valence-corrected chi connectivity index (χ0v) is 12.4. The van der Waals surface area contributed by atoms with Crippen LogP contribution in [-0.4, -0.2) is 30.6 Å². The lowest BCUT2D eigenvalue weighted by molar-refractivity contribution is 0.137. The Balaban J connectivity index is 2.07. The molecule has 4 heteroatoms. The molecule has 2 rings (SSSR count). The van der Waals surface area contributed by atoms with E-state index in [0.29, 0.717) is 6.04 Å². The number of halogens is 2. The largest absolute Gasteiger partial charge is 0.314 e. The van der Waals surface area contributed by atoms with E-state index in [-0.39, 0.29) is 0 Å². The summed E-state index contributed by atoms with van der Waals surface area (Å²) in [5, 5.41) is 4.14. The second-order valence-electron chi connectivity index (χ2n) is 4.52. The Hall–Kier alpha value is -0.0900. The molecule has 0 spiro atoms. The first-order valence-electron chi connectivity index (χ1n) is 6.09. The molecule has 17 heavy (non-hydrogen) atoms. The van der Waals surface area contributed by atoms with E-state index in [9.17, 15) is 0 Å². The Bertz CT molecular complexity index is 380. The lowest BCUT2D eigenvalue weighted by atomic mass is 10.1. The molecule has 0 aromatic heterocycles. The van der Waals surface area contributed by atoms with Gasteiger partial charge in [0.05, 0.1) is 0 Å². The molecule has 1 aromatic carbocycles. The van der Waals surface area contributed by atoms with Crippen molar-refractivity contribution < 1.29 is 0 Å². The smallest absolute Gasteiger partial charge is 0.0410 e. The summed E-state index contributed by atoms with van der Waals surface area (Å²) in [6, 6.07) is 6.69. The molecule has 0 atom stereocenters. The molecular formula is C13H18BrClN2. The van der Waals surface area contributed by atoms with Crippen LogP contribution in [0, 0.1) is 0 Å². The van der Waals surface area contributed by atoms with Crippen molar-refractivity contribution >= 4 is 27.5 Å². The molecule has 1 aliphatic heterocycles. The molecule has 1 saturated heterocycles. The Labute approximate surface area is 116 Å². The third-order valence-corrected chi connectivity index (χ3v) is 4.18. The van der Waals surface area contributed by atoms with E-state index in [1.54, 1.807) is 0 Å². The van der Waals surface area contributed by atoms with Gasteiger partial charge in [0.2, 0.25) is 0 Å². The quantitative estimate of drug-likeness (QED) is 0.896. The van der Waals surface area contributed by atoms with Crippen LogP contribution >= 0.6 is 27.5 Å². The molecule has 1 fully saturated rings. The van der Waals surface area contributed by atoms with Crippen molar-refractivity contribution in [1.82, 2.24) is 10.2 Å². The van der Waals surface area contributed by atoms with Gasteiger partial charge in [-0.2, -0.15) is 0 Å². The van der Waals surface area contributed by atoms with Gasteiger partial charge in [0.1, 0.15) is 0 Å². The topological polar surface area (TPSA) is 15.3 Å². The van der Waals surface area contributed by atoms with Gasteiger partial charge in [-0.05, 0) is 36.7 Å². The molecule has 0 amide bonds. The second-order valence-corrected chi connectivity index (χ2v) is 5.81. The molecule has 1 N–H and O–H groups in total. The zero-order valence-electron chi connectivity index (χ0n) is 10.0. The average molecular weight is 318 g/mol. The van der Waals surface area contributed by atoms with Gasteiger partial charge in [-0.25, -0.2) is 0 Å². The highest BCUT2D eigenvalue weighted by Crippen LogP contribution is 2.23. The lowest BCUT2D eigenvalue weighted by Gasteiger charge is -2.38. The van der Waals surface area contributed by atoms with Crippen molar-refractivity contribution in [1.29, 1.82) is 0 Å². The molecule has 0 aliphatic carbocycles. The highest BCUT2D eigenvalue weighted by Gasteiger charge is 2.24. The lowest BCUT2D eigenvalue weighted by Crippen LogP contribution is -2.57. The van der Waals surface area contributed by atoms with Crippen LogP contribution < -0.4 is 5.32 Å². The minimum absolute atomic E-state index is 0.681. The molecule has 0 bridgehead atoms. The Morgan fingerprint density at radius 3 is 2.82 bits per heavy atom. The first-order valence-corrected chi connectivity index (χ1v) is 7.26. The number of nitrogens with zero attached hydrogens (tertiary/aromatic N) is 1. The minimum Gasteiger partial charge on any atom is -0.314 e. The first kappa shape index (κ1) is 13.3. The Morgan fingerprint density at radius 1 is 1.47 bits per heavy atom. The van der Waals surface area contributed by atoms with Crippen LogP contribution in [-0.2, 0) is 6.54 Å². The van der Waals surface area contributed by atoms with Crippen molar-refractivity contribution in [2.75, 3.05) is 19.6 Å². The first-order chi connectivity index (χ1) is 8.20. The van der Waals surface area contributed by atoms with Gasteiger partial charge in [-0.3, -0.25) is 4.90 Å². The van der Waals surface area contributed by atoms with E-state index in [2.05, 4.69) is 39.1 Å². The van der Waals surface area contributed by atoms with Crippen molar-refractivity contribution in [2.45, 2.75) is 25.9 Å². The van der Waals surface area contributed by atoms with Gasteiger partial charge in [0.15, 0.2) is 0 Å². The van der Waals surface area contributed by atoms with E-state index in [1.807, 2.05) is 12.1 Å². The summed E-state index contributed by atoms with van der Waals surface area (Å²) in [7, 11) is 0. The second kappa shape index (κ2) is 6.19. The van der Waals surface area contributed by atoms with E-state index < -0.39 is 0 Å². The Kier molecular flexibility index (Phi) is 4.86. The zero-order chi connectivity index (χ0) is 12.3. The maximum atomic E-state index is 6.05. The monoisotopic (exact) mass is 316 g/mol. The number of hydrogen-bond donors (Lipinski definition) is 1.